The SMILES string of the molecule is O=C1C(=O)c2ccccc2C(c2c(O)c(Br)cc3ccccc23)=C1Br. The maximum Gasteiger partial charge on any atom is 0.241 e. The van der Waals surface area contributed by atoms with Crippen molar-refractivity contribution in [2.24, 2.45) is 0 Å². The second kappa shape index (κ2) is 5.93. The fraction of sp³-hybridized carbons (Fsp3) is 0. The number of Topliss-reactive ketones (excluding diaryl/α,β-unsaturated/α-hetero) is 2. The minimum absolute atomic E-state index is 0.0302. The number of phenols is 1. The molecule has 0 heterocycles. The lowest BCUT2D eigenvalue weighted by atomic mass is 9.83. The van der Waals surface area contributed by atoms with Gasteiger partial charge in [0, 0.05) is 16.7 Å². The quantitative estimate of drug-likeness (QED) is 0.509. The van der Waals surface area contributed by atoms with Crippen LogP contribution >= 0.6 is 31.9 Å². The van der Waals surface area contributed by atoms with Crippen molar-refractivity contribution < 1.29 is 14.7 Å². The van der Waals surface area contributed by atoms with Gasteiger partial charge in [-0.2, -0.15) is 0 Å². The highest BCUT2D eigenvalue weighted by Crippen LogP contribution is 2.46. The van der Waals surface area contributed by atoms with E-state index in [4.69, 9.17) is 0 Å². The molecule has 3 nitrogen and oxygen atoms in total. The van der Waals surface area contributed by atoms with Crippen LogP contribution in [0.3, 0.4) is 0 Å². The molecule has 1 aliphatic carbocycles. The zero-order chi connectivity index (χ0) is 17.7. The van der Waals surface area contributed by atoms with Crippen molar-refractivity contribution in [3.05, 3.63) is 80.2 Å². The van der Waals surface area contributed by atoms with Crippen LogP contribution < -0.4 is 0 Å². The van der Waals surface area contributed by atoms with Gasteiger partial charge >= 0.3 is 0 Å². The van der Waals surface area contributed by atoms with E-state index in [1.54, 1.807) is 24.3 Å². The highest BCUT2D eigenvalue weighted by atomic mass is 79.9. The summed E-state index contributed by atoms with van der Waals surface area (Å²) in [5, 5.41) is 12.5. The van der Waals surface area contributed by atoms with Gasteiger partial charge in [0.1, 0.15) is 5.75 Å². The Bertz CT molecular complexity index is 1110. The minimum Gasteiger partial charge on any atom is -0.506 e. The Morgan fingerprint density at radius 2 is 1.44 bits per heavy atom. The molecule has 3 aromatic carbocycles. The molecule has 0 unspecified atom stereocenters. The molecule has 0 fully saturated rings. The van der Waals surface area contributed by atoms with E-state index in [1.807, 2.05) is 30.3 Å². The van der Waals surface area contributed by atoms with Crippen LogP contribution in [0.15, 0.2) is 63.6 Å². The maximum absolute atomic E-state index is 12.5. The summed E-state index contributed by atoms with van der Waals surface area (Å²) in [6.45, 7) is 0. The first kappa shape index (κ1) is 16.2. The van der Waals surface area contributed by atoms with E-state index in [2.05, 4.69) is 31.9 Å². The number of ketones is 2. The van der Waals surface area contributed by atoms with Gasteiger partial charge in [-0.3, -0.25) is 9.59 Å². The van der Waals surface area contributed by atoms with Crippen molar-refractivity contribution >= 4 is 59.8 Å². The zero-order valence-corrected chi connectivity index (χ0v) is 15.9. The topological polar surface area (TPSA) is 54.4 Å². The number of fused-ring (bicyclic) bond motifs is 2. The number of phenolic OH excluding ortho intramolecular Hbond substituents is 1. The van der Waals surface area contributed by atoms with Crippen LogP contribution in [0.25, 0.3) is 16.3 Å². The van der Waals surface area contributed by atoms with Gasteiger partial charge in [-0.25, -0.2) is 0 Å². The summed E-state index contributed by atoms with van der Waals surface area (Å²) in [7, 11) is 0. The number of benzene rings is 3. The van der Waals surface area contributed by atoms with Crippen LogP contribution in [-0.2, 0) is 4.79 Å². The van der Waals surface area contributed by atoms with E-state index in [-0.39, 0.29) is 10.2 Å². The lowest BCUT2D eigenvalue weighted by Crippen LogP contribution is -2.22. The Balaban J connectivity index is 2.18. The van der Waals surface area contributed by atoms with Crippen LogP contribution in [0.5, 0.6) is 5.75 Å². The molecule has 25 heavy (non-hydrogen) atoms. The van der Waals surface area contributed by atoms with Gasteiger partial charge in [0.05, 0.1) is 8.96 Å². The number of aromatic hydroxyl groups is 1. The fourth-order valence-electron chi connectivity index (χ4n) is 3.15. The van der Waals surface area contributed by atoms with Gasteiger partial charge in [-0.05, 0) is 54.3 Å². The monoisotopic (exact) mass is 456 g/mol. The molecule has 0 aliphatic heterocycles. The van der Waals surface area contributed by atoms with Gasteiger partial charge in [0.15, 0.2) is 0 Å². The highest BCUT2D eigenvalue weighted by Gasteiger charge is 2.33. The number of carbonyl (C=O) groups excluding carboxylic acids is 2. The third kappa shape index (κ3) is 2.38. The van der Waals surface area contributed by atoms with Crippen LogP contribution in [0.2, 0.25) is 0 Å². The molecule has 0 saturated heterocycles. The molecule has 122 valence electrons. The number of allylic oxidation sites excluding steroid dienone is 1. The number of hydrogen-bond donors (Lipinski definition) is 1. The standard InChI is InChI=1S/C20H10Br2O3/c21-14-9-10-5-1-2-6-11(10)16(19(14)24)15-12-7-3-4-8-13(12)18(23)20(25)17(15)22/h1-9,24H. The summed E-state index contributed by atoms with van der Waals surface area (Å²) in [6, 6.07) is 16.4. The van der Waals surface area contributed by atoms with Gasteiger partial charge < -0.3 is 5.11 Å². The summed E-state index contributed by atoms with van der Waals surface area (Å²) in [5.74, 6) is -1.13. The number of halogens is 2. The molecule has 5 heteroatoms. The predicted molar refractivity (Wildman–Crippen MR) is 104 cm³/mol. The van der Waals surface area contributed by atoms with Crippen molar-refractivity contribution in [3.63, 3.8) is 0 Å². The minimum atomic E-state index is -0.614. The highest BCUT2D eigenvalue weighted by molar-refractivity contribution is 9.12. The Labute approximate surface area is 160 Å². The molecular formula is C20H10Br2O3. The molecule has 4 rings (SSSR count). The van der Waals surface area contributed by atoms with E-state index in [0.29, 0.717) is 26.7 Å². The molecule has 3 aromatic rings. The maximum atomic E-state index is 12.5. The molecule has 0 bridgehead atoms. The first-order valence-corrected chi connectivity index (χ1v) is 9.08. The van der Waals surface area contributed by atoms with E-state index in [0.717, 1.165) is 10.8 Å². The smallest absolute Gasteiger partial charge is 0.241 e. The van der Waals surface area contributed by atoms with Gasteiger partial charge in [0.2, 0.25) is 11.6 Å². The van der Waals surface area contributed by atoms with Gasteiger partial charge in [-0.15, -0.1) is 0 Å². The molecule has 1 N–H and O–H groups in total. The third-order valence-electron chi connectivity index (χ3n) is 4.29. The molecule has 0 atom stereocenters. The molecule has 0 amide bonds. The normalized spacial score (nSPS) is 14.2. The molecular weight excluding hydrogens is 448 g/mol. The molecule has 0 spiro atoms. The van der Waals surface area contributed by atoms with Crippen molar-refractivity contribution in [2.45, 2.75) is 0 Å². The average Bonchev–Trinajstić information content (AvgIpc) is 2.63. The number of hydrogen-bond acceptors (Lipinski definition) is 3. The molecule has 0 radical (unpaired) electrons. The molecule has 0 aromatic heterocycles. The van der Waals surface area contributed by atoms with Crippen LogP contribution in [0, 0.1) is 0 Å². The first-order valence-electron chi connectivity index (χ1n) is 7.49. The molecule has 0 saturated carbocycles. The lowest BCUT2D eigenvalue weighted by Gasteiger charge is -2.21. The summed E-state index contributed by atoms with van der Waals surface area (Å²) in [6.07, 6.45) is 0. The van der Waals surface area contributed by atoms with Gasteiger partial charge in [0.25, 0.3) is 0 Å². The Hall–Kier alpha value is -2.24. The van der Waals surface area contributed by atoms with E-state index in [9.17, 15) is 14.7 Å². The zero-order valence-electron chi connectivity index (χ0n) is 12.7. The first-order chi connectivity index (χ1) is 12.0. The van der Waals surface area contributed by atoms with E-state index >= 15 is 0 Å². The summed E-state index contributed by atoms with van der Waals surface area (Å²) >= 11 is 6.68. The Morgan fingerprint density at radius 3 is 2.20 bits per heavy atom. The predicted octanol–water partition coefficient (Wildman–Crippen LogP) is 5.23. The van der Waals surface area contributed by atoms with E-state index < -0.39 is 11.6 Å². The summed E-state index contributed by atoms with van der Waals surface area (Å²) in [5.41, 5.74) is 2.01. The lowest BCUT2D eigenvalue weighted by molar-refractivity contribution is -0.111. The largest absolute Gasteiger partial charge is 0.506 e. The van der Waals surface area contributed by atoms with Gasteiger partial charge in [-0.1, -0.05) is 48.5 Å². The van der Waals surface area contributed by atoms with Crippen molar-refractivity contribution in [3.8, 4) is 5.75 Å². The fourth-order valence-corrected chi connectivity index (χ4v) is 4.19. The summed E-state index contributed by atoms with van der Waals surface area (Å²) in [4.78, 5) is 24.8. The average molecular weight is 458 g/mol. The van der Waals surface area contributed by atoms with Crippen LogP contribution in [0.1, 0.15) is 21.5 Å². The van der Waals surface area contributed by atoms with Crippen molar-refractivity contribution in [2.75, 3.05) is 0 Å². The number of carbonyl (C=O) groups is 2. The molecule has 1 aliphatic rings. The van der Waals surface area contributed by atoms with Crippen molar-refractivity contribution in [1.29, 1.82) is 0 Å². The Kier molecular flexibility index (Phi) is 3.85. The second-order valence-electron chi connectivity index (χ2n) is 5.70. The Morgan fingerprint density at radius 1 is 0.800 bits per heavy atom. The van der Waals surface area contributed by atoms with Crippen molar-refractivity contribution in [1.82, 2.24) is 0 Å². The van der Waals surface area contributed by atoms with E-state index in [1.165, 1.54) is 0 Å². The van der Waals surface area contributed by atoms with Crippen LogP contribution in [0.4, 0.5) is 0 Å². The third-order valence-corrected chi connectivity index (χ3v) is 5.65. The number of rotatable bonds is 1. The summed E-state index contributed by atoms with van der Waals surface area (Å²) < 4.78 is 0.686. The van der Waals surface area contributed by atoms with Crippen LogP contribution in [-0.4, -0.2) is 16.7 Å². The second-order valence-corrected chi connectivity index (χ2v) is 7.34.